The second-order valence-electron chi connectivity index (χ2n) is 11.2. The molecule has 2 fully saturated rings. The van der Waals surface area contributed by atoms with E-state index in [4.69, 9.17) is 9.72 Å². The first-order chi connectivity index (χ1) is 17.0. The lowest BCUT2D eigenvalue weighted by molar-refractivity contribution is 0.174. The first kappa shape index (κ1) is 22.7. The average molecular weight is 472 g/mol. The van der Waals surface area contributed by atoms with E-state index in [1.165, 1.54) is 77.6 Å². The van der Waals surface area contributed by atoms with E-state index in [-0.39, 0.29) is 0 Å². The zero-order valence-electron chi connectivity index (χ0n) is 21.5. The molecule has 6 heteroatoms. The highest BCUT2D eigenvalue weighted by Gasteiger charge is 2.28. The van der Waals surface area contributed by atoms with Crippen LogP contribution in [0.5, 0.6) is 0 Å². The summed E-state index contributed by atoms with van der Waals surface area (Å²) in [5.41, 5.74) is 9.50. The van der Waals surface area contributed by atoms with Crippen molar-refractivity contribution in [1.82, 2.24) is 24.6 Å². The highest BCUT2D eigenvalue weighted by molar-refractivity contribution is 5.92. The second kappa shape index (κ2) is 9.05. The quantitative estimate of drug-likeness (QED) is 0.351. The molecule has 4 aromatic heterocycles. The van der Waals surface area contributed by atoms with Gasteiger partial charge in [0.1, 0.15) is 6.33 Å². The highest BCUT2D eigenvalue weighted by atomic mass is 16.5. The molecule has 5 heterocycles. The number of fused-ring (bicyclic) bond motifs is 2. The Hall–Kier alpha value is -2.73. The number of aromatic amines is 1. The van der Waals surface area contributed by atoms with Gasteiger partial charge in [0.15, 0.2) is 5.65 Å². The zero-order chi connectivity index (χ0) is 24.1. The van der Waals surface area contributed by atoms with Crippen molar-refractivity contribution < 1.29 is 4.74 Å². The van der Waals surface area contributed by atoms with Gasteiger partial charge in [-0.1, -0.05) is 13.8 Å². The minimum absolute atomic E-state index is 0.393. The fourth-order valence-corrected chi connectivity index (χ4v) is 6.55. The van der Waals surface area contributed by atoms with Gasteiger partial charge in [-0.25, -0.2) is 9.50 Å². The van der Waals surface area contributed by atoms with Crippen molar-refractivity contribution in [1.29, 1.82) is 0 Å². The van der Waals surface area contributed by atoms with Crippen molar-refractivity contribution in [2.24, 2.45) is 11.8 Å². The van der Waals surface area contributed by atoms with E-state index >= 15 is 0 Å². The fourth-order valence-electron chi connectivity index (χ4n) is 6.55. The molecule has 0 radical (unpaired) electrons. The third-order valence-corrected chi connectivity index (χ3v) is 8.67. The van der Waals surface area contributed by atoms with Crippen molar-refractivity contribution in [2.45, 2.75) is 78.1 Å². The molecule has 1 N–H and O–H groups in total. The number of rotatable bonds is 5. The predicted molar refractivity (Wildman–Crippen MR) is 140 cm³/mol. The summed E-state index contributed by atoms with van der Waals surface area (Å²) in [6.07, 6.45) is 13.6. The molecule has 1 saturated carbocycles. The predicted octanol–water partition coefficient (Wildman–Crippen LogP) is 6.71. The van der Waals surface area contributed by atoms with Gasteiger partial charge in [0, 0.05) is 42.0 Å². The van der Waals surface area contributed by atoms with E-state index in [9.17, 15) is 0 Å². The van der Waals surface area contributed by atoms with Gasteiger partial charge < -0.3 is 9.72 Å². The molecule has 0 aromatic carbocycles. The minimum Gasteiger partial charge on any atom is -0.381 e. The van der Waals surface area contributed by atoms with E-state index in [0.717, 1.165) is 36.2 Å². The van der Waals surface area contributed by atoms with Crippen molar-refractivity contribution in [3.05, 3.63) is 47.2 Å². The number of aromatic nitrogens is 5. The lowest BCUT2D eigenvalue weighted by atomic mass is 9.76. The Morgan fingerprint density at radius 2 is 1.89 bits per heavy atom. The first-order valence-corrected chi connectivity index (χ1v) is 13.4. The summed E-state index contributed by atoms with van der Waals surface area (Å²) >= 11 is 0. The van der Waals surface area contributed by atoms with Crippen LogP contribution in [0.15, 0.2) is 24.8 Å². The van der Waals surface area contributed by atoms with Crippen molar-refractivity contribution in [3.63, 3.8) is 0 Å². The number of H-pyrrole nitrogens is 1. The topological polar surface area (TPSA) is 68.1 Å². The lowest BCUT2D eigenvalue weighted by Crippen LogP contribution is -2.17. The molecule has 0 bridgehead atoms. The maximum absolute atomic E-state index is 5.60. The monoisotopic (exact) mass is 471 g/mol. The Labute approximate surface area is 207 Å². The molecule has 0 spiro atoms. The number of hydrogen-bond donors (Lipinski definition) is 1. The zero-order valence-corrected chi connectivity index (χ0v) is 21.5. The molecular weight excluding hydrogens is 434 g/mol. The Balaban J connectivity index is 1.32. The van der Waals surface area contributed by atoms with Crippen LogP contribution >= 0.6 is 0 Å². The van der Waals surface area contributed by atoms with Crippen molar-refractivity contribution >= 4 is 16.6 Å². The van der Waals surface area contributed by atoms with Crippen molar-refractivity contribution in [3.8, 4) is 11.3 Å². The molecule has 6 nitrogen and oxygen atoms in total. The number of nitrogens with one attached hydrogen (secondary N) is 1. The van der Waals surface area contributed by atoms with E-state index in [1.54, 1.807) is 6.33 Å². The molecule has 2 aliphatic rings. The van der Waals surface area contributed by atoms with Crippen LogP contribution in [-0.2, 0) is 4.74 Å². The van der Waals surface area contributed by atoms with Gasteiger partial charge in [-0.2, -0.15) is 5.10 Å². The van der Waals surface area contributed by atoms with Gasteiger partial charge in [-0.15, -0.1) is 0 Å². The smallest absolute Gasteiger partial charge is 0.158 e. The first-order valence-electron chi connectivity index (χ1n) is 13.4. The molecule has 6 rings (SSSR count). The standard InChI is InChI=1S/C29H37N5O/c1-17(2)27-23-12-25(22-7-5-20(6-8-22)11-21-9-10-35-15-21)30-13-26(23)33-28(27)24-14-34-29(31-16-32-34)19(4)18(24)3/h12-14,16-17,20-22,33H,5-11,15H2,1-4H3. The summed E-state index contributed by atoms with van der Waals surface area (Å²) in [7, 11) is 0. The molecule has 1 saturated heterocycles. The SMILES string of the molecule is Cc1c(-c2[nH]c3cnc(C4CCC(CC5CCOC5)CC4)cc3c2C(C)C)cn2ncnc2c1C. The summed E-state index contributed by atoms with van der Waals surface area (Å²) in [6, 6.07) is 2.39. The van der Waals surface area contributed by atoms with Crippen LogP contribution in [0.4, 0.5) is 0 Å². The van der Waals surface area contributed by atoms with Crippen LogP contribution in [0, 0.1) is 25.7 Å². The maximum Gasteiger partial charge on any atom is 0.158 e. The average Bonchev–Trinajstić information content (AvgIpc) is 3.61. The summed E-state index contributed by atoms with van der Waals surface area (Å²) < 4.78 is 7.50. The normalized spacial score (nSPS) is 23.2. The van der Waals surface area contributed by atoms with E-state index in [1.807, 2.05) is 4.52 Å². The number of pyridine rings is 2. The Bertz CT molecular complexity index is 1350. The summed E-state index contributed by atoms with van der Waals surface area (Å²) in [4.78, 5) is 13.1. The van der Waals surface area contributed by atoms with E-state index < -0.39 is 0 Å². The van der Waals surface area contributed by atoms with Gasteiger partial charge in [-0.3, -0.25) is 4.98 Å². The molecule has 1 aliphatic carbocycles. The second-order valence-corrected chi connectivity index (χ2v) is 11.2. The van der Waals surface area contributed by atoms with Crippen molar-refractivity contribution in [2.75, 3.05) is 13.2 Å². The Morgan fingerprint density at radius 1 is 1.06 bits per heavy atom. The molecule has 35 heavy (non-hydrogen) atoms. The molecule has 1 unspecified atom stereocenters. The molecule has 4 aromatic rings. The van der Waals surface area contributed by atoms with Gasteiger partial charge in [0.25, 0.3) is 0 Å². The fraction of sp³-hybridized carbons (Fsp3) is 0.552. The van der Waals surface area contributed by atoms with Gasteiger partial charge >= 0.3 is 0 Å². The maximum atomic E-state index is 5.60. The van der Waals surface area contributed by atoms with Crippen LogP contribution in [0.3, 0.4) is 0 Å². The number of ether oxygens (including phenoxy) is 1. The van der Waals surface area contributed by atoms with Gasteiger partial charge in [-0.05, 0) is 92.9 Å². The highest BCUT2D eigenvalue weighted by Crippen LogP contribution is 2.42. The number of aryl methyl sites for hydroxylation is 1. The van der Waals surface area contributed by atoms with E-state index in [2.05, 4.69) is 61.2 Å². The molecule has 0 amide bonds. The lowest BCUT2D eigenvalue weighted by Gasteiger charge is -2.29. The largest absolute Gasteiger partial charge is 0.381 e. The van der Waals surface area contributed by atoms with Crippen LogP contribution in [0.25, 0.3) is 27.8 Å². The van der Waals surface area contributed by atoms with Gasteiger partial charge in [0.05, 0.1) is 17.4 Å². The third kappa shape index (κ3) is 4.06. The number of hydrogen-bond acceptors (Lipinski definition) is 4. The number of nitrogens with zero attached hydrogens (tertiary/aromatic N) is 4. The molecule has 1 aliphatic heterocycles. The summed E-state index contributed by atoms with van der Waals surface area (Å²) in [5.74, 6) is 2.63. The van der Waals surface area contributed by atoms with Gasteiger partial charge in [0.2, 0.25) is 0 Å². The third-order valence-electron chi connectivity index (χ3n) is 8.67. The summed E-state index contributed by atoms with van der Waals surface area (Å²) in [6.45, 7) is 10.9. The Morgan fingerprint density at radius 3 is 2.63 bits per heavy atom. The van der Waals surface area contributed by atoms with Crippen LogP contribution in [0.1, 0.15) is 86.6 Å². The summed E-state index contributed by atoms with van der Waals surface area (Å²) in [5, 5.41) is 5.74. The minimum atomic E-state index is 0.393. The molecule has 184 valence electrons. The van der Waals surface area contributed by atoms with Crippen LogP contribution < -0.4 is 0 Å². The Kier molecular flexibility index (Phi) is 5.87. The molecular formula is C29H37N5O. The van der Waals surface area contributed by atoms with Crippen LogP contribution in [-0.4, -0.2) is 37.8 Å². The van der Waals surface area contributed by atoms with E-state index in [0.29, 0.717) is 11.8 Å². The molecule has 1 atom stereocenters. The van der Waals surface area contributed by atoms with Crippen LogP contribution in [0.2, 0.25) is 0 Å².